The monoisotopic (exact) mass is 378 g/mol. The molecule has 5 heteroatoms. The second-order valence-electron chi connectivity index (χ2n) is 7.25. The molecule has 0 bridgehead atoms. The highest BCUT2D eigenvalue weighted by Crippen LogP contribution is 2.46. The van der Waals surface area contributed by atoms with E-state index in [0.29, 0.717) is 12.3 Å². The number of thioether (sulfide) groups is 1. The van der Waals surface area contributed by atoms with E-state index in [0.717, 1.165) is 21.8 Å². The van der Waals surface area contributed by atoms with Gasteiger partial charge in [0, 0.05) is 12.7 Å². The second kappa shape index (κ2) is 7.24. The highest BCUT2D eigenvalue weighted by atomic mass is 32.2. The van der Waals surface area contributed by atoms with Crippen LogP contribution in [0.15, 0.2) is 64.4 Å². The summed E-state index contributed by atoms with van der Waals surface area (Å²) in [6.07, 6.45) is 2.86. The smallest absolute Gasteiger partial charge is 0.312 e. The fourth-order valence-corrected chi connectivity index (χ4v) is 4.54. The lowest BCUT2D eigenvalue weighted by molar-refractivity contribution is -0.440. The molecule has 2 aromatic carbocycles. The fourth-order valence-electron chi connectivity index (χ4n) is 3.38. The van der Waals surface area contributed by atoms with E-state index in [-0.39, 0.29) is 5.91 Å². The molecule has 0 radical (unpaired) electrons. The number of rotatable bonds is 5. The highest BCUT2D eigenvalue weighted by Gasteiger charge is 2.36. The Morgan fingerprint density at radius 3 is 2.70 bits per heavy atom. The van der Waals surface area contributed by atoms with Crippen LogP contribution in [0.1, 0.15) is 18.4 Å². The number of allylic oxidation sites excluding steroid dienone is 1. The molecule has 0 atom stereocenters. The number of benzene rings is 2. The molecular formula is C22H24N3OS+. The average molecular weight is 379 g/mol. The van der Waals surface area contributed by atoms with Crippen LogP contribution >= 0.6 is 11.8 Å². The molecule has 1 aliphatic carbocycles. The summed E-state index contributed by atoms with van der Waals surface area (Å²) in [7, 11) is 3.93. The molecule has 1 N–H and O–H groups in total. The topological polar surface area (TPSA) is 35.4 Å². The van der Waals surface area contributed by atoms with Crippen molar-refractivity contribution in [1.29, 1.82) is 0 Å². The van der Waals surface area contributed by atoms with E-state index in [2.05, 4.69) is 53.7 Å². The van der Waals surface area contributed by atoms with E-state index in [1.807, 2.05) is 25.2 Å². The van der Waals surface area contributed by atoms with Gasteiger partial charge in [-0.3, -0.25) is 0 Å². The van der Waals surface area contributed by atoms with Crippen molar-refractivity contribution in [2.24, 2.45) is 5.92 Å². The SMILES string of the molecule is C=[N+](C)C(NC(=O)Cc1ccc2ccccc2c1)=C1SC=C(C2CC2)N1C. The van der Waals surface area contributed by atoms with Crippen molar-refractivity contribution in [3.05, 3.63) is 70.0 Å². The first-order valence-corrected chi connectivity index (χ1v) is 10.1. The first-order valence-electron chi connectivity index (χ1n) is 9.19. The highest BCUT2D eigenvalue weighted by molar-refractivity contribution is 8.06. The molecule has 4 rings (SSSR count). The molecule has 138 valence electrons. The van der Waals surface area contributed by atoms with Gasteiger partial charge >= 0.3 is 11.7 Å². The van der Waals surface area contributed by atoms with Crippen molar-refractivity contribution in [3.8, 4) is 0 Å². The van der Waals surface area contributed by atoms with E-state index in [4.69, 9.17) is 0 Å². The molecular weight excluding hydrogens is 354 g/mol. The Kier molecular flexibility index (Phi) is 4.79. The molecule has 2 aliphatic rings. The number of fused-ring (bicyclic) bond motifs is 1. The molecule has 1 aliphatic heterocycles. The first-order chi connectivity index (χ1) is 13.0. The molecule has 1 heterocycles. The summed E-state index contributed by atoms with van der Waals surface area (Å²) in [5, 5.41) is 8.64. The van der Waals surface area contributed by atoms with Crippen molar-refractivity contribution in [3.63, 3.8) is 0 Å². The largest absolute Gasteiger partial charge is 0.335 e. The summed E-state index contributed by atoms with van der Waals surface area (Å²) in [5.41, 5.74) is 2.35. The van der Waals surface area contributed by atoms with Crippen LogP contribution < -0.4 is 5.32 Å². The van der Waals surface area contributed by atoms with Gasteiger partial charge in [-0.05, 0) is 40.5 Å². The zero-order valence-corrected chi connectivity index (χ0v) is 16.6. The van der Waals surface area contributed by atoms with Gasteiger partial charge in [-0.15, -0.1) is 0 Å². The van der Waals surface area contributed by atoms with Crippen molar-refractivity contribution in [2.75, 3.05) is 14.1 Å². The van der Waals surface area contributed by atoms with E-state index in [1.54, 1.807) is 16.3 Å². The van der Waals surface area contributed by atoms with Crippen LogP contribution in [0, 0.1) is 5.92 Å². The summed E-state index contributed by atoms with van der Waals surface area (Å²) in [4.78, 5) is 14.9. The van der Waals surface area contributed by atoms with Crippen molar-refractivity contribution >= 4 is 35.2 Å². The van der Waals surface area contributed by atoms with E-state index >= 15 is 0 Å². The number of amides is 1. The number of carbonyl (C=O) groups excluding carboxylic acids is 1. The van der Waals surface area contributed by atoms with Gasteiger partial charge in [0.05, 0.1) is 20.2 Å². The van der Waals surface area contributed by atoms with Gasteiger partial charge in [0.1, 0.15) is 0 Å². The summed E-state index contributed by atoms with van der Waals surface area (Å²) in [6, 6.07) is 14.4. The zero-order valence-electron chi connectivity index (χ0n) is 15.7. The van der Waals surface area contributed by atoms with Gasteiger partial charge in [-0.25, -0.2) is 14.7 Å². The lowest BCUT2D eigenvalue weighted by Crippen LogP contribution is -2.32. The third kappa shape index (κ3) is 3.78. The molecule has 1 fully saturated rings. The normalized spacial score (nSPS) is 18.4. The van der Waals surface area contributed by atoms with Gasteiger partial charge in [-0.1, -0.05) is 54.2 Å². The second-order valence-corrected chi connectivity index (χ2v) is 8.11. The number of carbonyl (C=O) groups is 1. The molecule has 0 spiro atoms. The number of nitrogens with zero attached hydrogens (tertiary/aromatic N) is 2. The van der Waals surface area contributed by atoms with E-state index in [1.165, 1.54) is 23.9 Å². The maximum atomic E-state index is 12.7. The van der Waals surface area contributed by atoms with Gasteiger partial charge in [0.2, 0.25) is 0 Å². The van der Waals surface area contributed by atoms with Crippen LogP contribution in [0.25, 0.3) is 10.8 Å². The van der Waals surface area contributed by atoms with Gasteiger partial charge < -0.3 is 4.90 Å². The third-order valence-corrected chi connectivity index (χ3v) is 6.05. The fraction of sp³-hybridized carbons (Fsp3) is 0.273. The van der Waals surface area contributed by atoms with Gasteiger partial charge in [0.25, 0.3) is 0 Å². The molecule has 0 saturated heterocycles. The molecule has 0 unspecified atom stereocenters. The molecule has 1 amide bonds. The van der Waals surface area contributed by atoms with Crippen LogP contribution in [-0.2, 0) is 11.2 Å². The minimum atomic E-state index is -0.0304. The molecule has 4 nitrogen and oxygen atoms in total. The zero-order chi connectivity index (χ0) is 19.0. The number of hydrogen-bond acceptors (Lipinski definition) is 3. The van der Waals surface area contributed by atoms with Gasteiger partial charge in [-0.2, -0.15) is 0 Å². The predicted molar refractivity (Wildman–Crippen MR) is 112 cm³/mol. The quantitative estimate of drug-likeness (QED) is 0.633. The summed E-state index contributed by atoms with van der Waals surface area (Å²) in [6.45, 7) is 4.00. The summed E-state index contributed by atoms with van der Waals surface area (Å²) < 4.78 is 1.74. The van der Waals surface area contributed by atoms with Crippen molar-refractivity contribution < 1.29 is 9.37 Å². The minimum absolute atomic E-state index is 0.0304. The maximum Gasteiger partial charge on any atom is 0.312 e. The molecule has 1 saturated carbocycles. The van der Waals surface area contributed by atoms with Crippen molar-refractivity contribution in [1.82, 2.24) is 10.2 Å². The molecule has 0 aromatic heterocycles. The third-order valence-electron chi connectivity index (χ3n) is 5.00. The summed E-state index contributed by atoms with van der Waals surface area (Å²) >= 11 is 1.66. The van der Waals surface area contributed by atoms with Crippen molar-refractivity contribution in [2.45, 2.75) is 19.3 Å². The Labute approximate surface area is 164 Å². The van der Waals surface area contributed by atoms with Crippen LogP contribution in [-0.4, -0.2) is 36.2 Å². The maximum absolute atomic E-state index is 12.7. The Morgan fingerprint density at radius 1 is 1.26 bits per heavy atom. The Hall–Kier alpha value is -2.53. The van der Waals surface area contributed by atoms with Crippen LogP contribution in [0.3, 0.4) is 0 Å². The van der Waals surface area contributed by atoms with Crippen LogP contribution in [0.5, 0.6) is 0 Å². The standard InChI is InChI=1S/C22H23N3OS/c1-24(2)21(22-25(3)19(14-27-22)17-10-11-17)23-20(26)13-15-8-9-16-6-4-5-7-18(16)12-15/h4-9,12,14,17H,1,10-11,13H2,2-3H3/p+1. The Bertz CT molecular complexity index is 988. The lowest BCUT2D eigenvalue weighted by Gasteiger charge is -2.18. The summed E-state index contributed by atoms with van der Waals surface area (Å²) in [5.74, 6) is 1.39. The van der Waals surface area contributed by atoms with Crippen LogP contribution in [0.4, 0.5) is 0 Å². The van der Waals surface area contributed by atoms with Gasteiger partial charge in [0.15, 0.2) is 5.03 Å². The number of nitrogens with one attached hydrogen (secondary N) is 1. The number of hydrogen-bond donors (Lipinski definition) is 1. The van der Waals surface area contributed by atoms with E-state index < -0.39 is 0 Å². The average Bonchev–Trinajstić information content (AvgIpc) is 3.42. The molecule has 2 aromatic rings. The Morgan fingerprint density at radius 2 is 2.00 bits per heavy atom. The lowest BCUT2D eigenvalue weighted by atomic mass is 10.1. The first kappa shape index (κ1) is 17.9. The van der Waals surface area contributed by atoms with E-state index in [9.17, 15) is 4.79 Å². The Balaban J connectivity index is 1.51. The minimum Gasteiger partial charge on any atom is -0.335 e. The molecule has 27 heavy (non-hydrogen) atoms. The predicted octanol–water partition coefficient (Wildman–Crippen LogP) is 3.90. The van der Waals surface area contributed by atoms with Crippen LogP contribution in [0.2, 0.25) is 0 Å².